The van der Waals surface area contributed by atoms with Crippen LogP contribution in [0.5, 0.6) is 0 Å². The number of benzene rings is 2. The molecule has 1 heterocycles. The fraction of sp³-hybridized carbons (Fsp3) is 0.263. The summed E-state index contributed by atoms with van der Waals surface area (Å²) < 4.78 is 40.9. The number of hydrazine groups is 1. The molecule has 1 saturated heterocycles. The number of nitrogens with one attached hydrogen (secondary N) is 2. The average molecular weight is 440 g/mol. The first kappa shape index (κ1) is 21.2. The summed E-state index contributed by atoms with van der Waals surface area (Å²) >= 11 is 5.93. The van der Waals surface area contributed by atoms with Crippen molar-refractivity contribution >= 4 is 33.4 Å². The van der Waals surface area contributed by atoms with Gasteiger partial charge >= 0.3 is 0 Å². The van der Waals surface area contributed by atoms with Crippen molar-refractivity contribution in [2.45, 2.75) is 24.2 Å². The number of piperidine rings is 1. The van der Waals surface area contributed by atoms with E-state index in [-0.39, 0.29) is 16.1 Å². The maximum atomic E-state index is 14.2. The van der Waals surface area contributed by atoms with E-state index in [1.165, 1.54) is 16.4 Å². The minimum absolute atomic E-state index is 0.110. The van der Waals surface area contributed by atoms with Crippen molar-refractivity contribution in [3.05, 3.63) is 64.4 Å². The van der Waals surface area contributed by atoms with Crippen molar-refractivity contribution in [3.63, 3.8) is 0 Å². The van der Waals surface area contributed by atoms with Crippen LogP contribution in [-0.4, -0.2) is 37.6 Å². The van der Waals surface area contributed by atoms with E-state index in [0.29, 0.717) is 25.9 Å². The Balaban J connectivity index is 1.76. The number of sulfonamides is 1. The number of hydrogen-bond donors (Lipinski definition) is 2. The number of nitrogens with zero attached hydrogens (tertiary/aromatic N) is 1. The van der Waals surface area contributed by atoms with E-state index in [1.807, 2.05) is 0 Å². The normalized spacial score (nSPS) is 15.0. The highest BCUT2D eigenvalue weighted by molar-refractivity contribution is 7.89. The molecule has 29 heavy (non-hydrogen) atoms. The standard InChI is InChI=1S/C19H19ClFN3O4S/c20-15-7-3-2-6-14(15)19(26)23-22-18(25)13-8-9-16(21)17(12-13)29(27,28)24-10-4-1-5-11-24/h2-3,6-9,12H,1,4-5,10-11H2,(H,22,25)(H,23,26). The molecule has 0 atom stereocenters. The van der Waals surface area contributed by atoms with Gasteiger partial charge in [0, 0.05) is 18.7 Å². The Kier molecular flexibility index (Phi) is 6.51. The Morgan fingerprint density at radius 3 is 2.31 bits per heavy atom. The van der Waals surface area contributed by atoms with Gasteiger partial charge in [-0.25, -0.2) is 12.8 Å². The van der Waals surface area contributed by atoms with E-state index in [0.717, 1.165) is 24.6 Å². The second-order valence-corrected chi connectivity index (χ2v) is 8.81. The van der Waals surface area contributed by atoms with E-state index >= 15 is 0 Å². The van der Waals surface area contributed by atoms with Crippen LogP contribution in [0.2, 0.25) is 5.02 Å². The van der Waals surface area contributed by atoms with E-state index in [4.69, 9.17) is 11.6 Å². The minimum atomic E-state index is -4.06. The molecule has 2 aromatic carbocycles. The molecule has 1 fully saturated rings. The zero-order chi connectivity index (χ0) is 21.0. The largest absolute Gasteiger partial charge is 0.271 e. The zero-order valence-corrected chi connectivity index (χ0v) is 16.9. The Bertz CT molecular complexity index is 1040. The summed E-state index contributed by atoms with van der Waals surface area (Å²) in [6, 6.07) is 9.29. The van der Waals surface area contributed by atoms with Crippen LogP contribution in [0, 0.1) is 5.82 Å². The summed E-state index contributed by atoms with van der Waals surface area (Å²) in [6.45, 7) is 0.623. The summed E-state index contributed by atoms with van der Waals surface area (Å²) in [6.07, 6.45) is 2.33. The third-order valence-corrected chi connectivity index (χ3v) is 6.78. The summed E-state index contributed by atoms with van der Waals surface area (Å²) in [4.78, 5) is 23.9. The molecule has 0 saturated carbocycles. The Labute approximate surface area is 172 Å². The van der Waals surface area contributed by atoms with Crippen molar-refractivity contribution in [1.29, 1.82) is 0 Å². The van der Waals surface area contributed by atoms with Gasteiger partial charge in [0.25, 0.3) is 11.8 Å². The lowest BCUT2D eigenvalue weighted by molar-refractivity contribution is 0.0846. The fourth-order valence-electron chi connectivity index (χ4n) is 2.99. The van der Waals surface area contributed by atoms with Gasteiger partial charge in [0.2, 0.25) is 10.0 Å². The van der Waals surface area contributed by atoms with Crippen LogP contribution in [0.3, 0.4) is 0 Å². The summed E-state index contributed by atoms with van der Waals surface area (Å²) in [7, 11) is -4.06. The molecule has 7 nitrogen and oxygen atoms in total. The molecule has 10 heteroatoms. The number of halogens is 2. The Morgan fingerprint density at radius 1 is 0.966 bits per heavy atom. The lowest BCUT2D eigenvalue weighted by Gasteiger charge is -2.26. The van der Waals surface area contributed by atoms with Crippen LogP contribution >= 0.6 is 11.6 Å². The van der Waals surface area contributed by atoms with E-state index in [2.05, 4.69) is 10.9 Å². The maximum absolute atomic E-state index is 14.2. The van der Waals surface area contributed by atoms with Crippen LogP contribution in [0.1, 0.15) is 40.0 Å². The molecule has 0 bridgehead atoms. The lowest BCUT2D eigenvalue weighted by Crippen LogP contribution is -2.42. The summed E-state index contributed by atoms with van der Waals surface area (Å²) in [5.41, 5.74) is 4.42. The molecule has 154 valence electrons. The Morgan fingerprint density at radius 2 is 1.62 bits per heavy atom. The van der Waals surface area contributed by atoms with Crippen molar-refractivity contribution in [2.75, 3.05) is 13.1 Å². The van der Waals surface area contributed by atoms with Crippen molar-refractivity contribution in [1.82, 2.24) is 15.2 Å². The van der Waals surface area contributed by atoms with Crippen molar-refractivity contribution in [3.8, 4) is 0 Å². The second kappa shape index (κ2) is 8.89. The smallest absolute Gasteiger partial charge is 0.267 e. The first-order valence-corrected chi connectivity index (χ1v) is 10.8. The molecule has 0 aliphatic carbocycles. The van der Waals surface area contributed by atoms with E-state index in [1.54, 1.807) is 12.1 Å². The molecule has 0 aromatic heterocycles. The zero-order valence-electron chi connectivity index (χ0n) is 15.3. The molecule has 2 aromatic rings. The van der Waals surface area contributed by atoms with Gasteiger partial charge in [-0.3, -0.25) is 20.4 Å². The molecule has 1 aliphatic heterocycles. The summed E-state index contributed by atoms with van der Waals surface area (Å²) in [5.74, 6) is -2.38. The molecule has 1 aliphatic rings. The van der Waals surface area contributed by atoms with Crippen LogP contribution in [-0.2, 0) is 10.0 Å². The first-order chi connectivity index (χ1) is 13.8. The van der Waals surface area contributed by atoms with Crippen molar-refractivity contribution in [2.24, 2.45) is 0 Å². The first-order valence-electron chi connectivity index (χ1n) is 8.95. The number of hydrogen-bond acceptors (Lipinski definition) is 4. The van der Waals surface area contributed by atoms with Crippen LogP contribution < -0.4 is 10.9 Å². The SMILES string of the molecule is O=C(NNC(=O)c1ccccc1Cl)c1ccc(F)c(S(=O)(=O)N2CCCCC2)c1. The predicted octanol–water partition coefficient (Wildman–Crippen LogP) is 2.73. The molecule has 0 unspecified atom stereocenters. The summed E-state index contributed by atoms with van der Waals surface area (Å²) in [5, 5.41) is 0.205. The number of carbonyl (C=O) groups excluding carboxylic acids is 2. The van der Waals surface area contributed by atoms with E-state index in [9.17, 15) is 22.4 Å². The average Bonchev–Trinajstić information content (AvgIpc) is 2.73. The molecular weight excluding hydrogens is 421 g/mol. The number of amides is 2. The molecule has 2 N–H and O–H groups in total. The van der Waals surface area contributed by atoms with Crippen LogP contribution in [0.15, 0.2) is 47.4 Å². The van der Waals surface area contributed by atoms with E-state index < -0.39 is 32.6 Å². The van der Waals surface area contributed by atoms with Gasteiger partial charge in [-0.2, -0.15) is 4.31 Å². The molecule has 0 radical (unpaired) electrons. The highest BCUT2D eigenvalue weighted by Gasteiger charge is 2.29. The van der Waals surface area contributed by atoms with Gasteiger partial charge in [0.05, 0.1) is 10.6 Å². The van der Waals surface area contributed by atoms with Gasteiger partial charge in [0.15, 0.2) is 0 Å². The van der Waals surface area contributed by atoms with Gasteiger partial charge in [-0.05, 0) is 43.2 Å². The van der Waals surface area contributed by atoms with Crippen molar-refractivity contribution < 1.29 is 22.4 Å². The predicted molar refractivity (Wildman–Crippen MR) is 105 cm³/mol. The fourth-order valence-corrected chi connectivity index (χ4v) is 4.81. The Hall–Kier alpha value is -2.49. The third-order valence-electron chi connectivity index (χ3n) is 4.53. The van der Waals surface area contributed by atoms with Gasteiger partial charge < -0.3 is 0 Å². The quantitative estimate of drug-likeness (QED) is 0.716. The lowest BCUT2D eigenvalue weighted by atomic mass is 10.2. The van der Waals surface area contributed by atoms with Gasteiger partial charge in [-0.15, -0.1) is 0 Å². The highest BCUT2D eigenvalue weighted by Crippen LogP contribution is 2.24. The van der Waals surface area contributed by atoms with Gasteiger partial charge in [0.1, 0.15) is 10.7 Å². The van der Waals surface area contributed by atoms with Crippen LogP contribution in [0.25, 0.3) is 0 Å². The van der Waals surface area contributed by atoms with Crippen LogP contribution in [0.4, 0.5) is 4.39 Å². The monoisotopic (exact) mass is 439 g/mol. The number of rotatable bonds is 4. The van der Waals surface area contributed by atoms with Gasteiger partial charge in [-0.1, -0.05) is 30.2 Å². The minimum Gasteiger partial charge on any atom is -0.267 e. The molecular formula is C19H19ClFN3O4S. The number of carbonyl (C=O) groups is 2. The topological polar surface area (TPSA) is 95.6 Å². The molecule has 2 amide bonds. The molecule has 3 rings (SSSR count). The second-order valence-electron chi connectivity index (χ2n) is 6.50. The maximum Gasteiger partial charge on any atom is 0.271 e. The highest BCUT2D eigenvalue weighted by atomic mass is 35.5. The molecule has 0 spiro atoms. The third kappa shape index (κ3) is 4.75.